The smallest absolute Gasteiger partial charge is 0.225 e. The molecule has 0 spiro atoms. The number of halogens is 1. The van der Waals surface area contributed by atoms with E-state index in [0.29, 0.717) is 19.0 Å². The second kappa shape index (κ2) is 9.31. The first kappa shape index (κ1) is 19.8. The number of piperidine rings is 2. The van der Waals surface area contributed by atoms with Gasteiger partial charge in [0.15, 0.2) is 0 Å². The van der Waals surface area contributed by atoms with E-state index in [2.05, 4.69) is 25.1 Å². The van der Waals surface area contributed by atoms with Gasteiger partial charge in [-0.1, -0.05) is 18.2 Å². The minimum absolute atomic E-state index is 0.0241. The maximum atomic E-state index is 13.9. The fourth-order valence-electron chi connectivity index (χ4n) is 4.25. The van der Waals surface area contributed by atoms with E-state index < -0.39 is 0 Å². The SMILES string of the molecule is O=C(NC1CCN(Cc2ccccc2F)CC1)[C@H]1CCCN(c2ncccn2)C1. The first-order valence-electron chi connectivity index (χ1n) is 10.5. The Balaban J connectivity index is 1.25. The van der Waals surface area contributed by atoms with Crippen molar-refractivity contribution in [2.45, 2.75) is 38.3 Å². The Morgan fingerprint density at radius 3 is 2.59 bits per heavy atom. The molecule has 0 radical (unpaired) electrons. The van der Waals surface area contributed by atoms with Crippen LogP contribution in [0.1, 0.15) is 31.2 Å². The third kappa shape index (κ3) is 5.09. The van der Waals surface area contributed by atoms with Crippen molar-refractivity contribution >= 4 is 11.9 Å². The van der Waals surface area contributed by atoms with Crippen molar-refractivity contribution < 1.29 is 9.18 Å². The van der Waals surface area contributed by atoms with Crippen LogP contribution >= 0.6 is 0 Å². The Bertz CT molecular complexity index is 810. The zero-order chi connectivity index (χ0) is 20.1. The normalized spacial score (nSPS) is 21.1. The molecule has 2 aliphatic heterocycles. The van der Waals surface area contributed by atoms with Gasteiger partial charge < -0.3 is 10.2 Å². The maximum absolute atomic E-state index is 13.9. The third-order valence-corrected chi connectivity index (χ3v) is 5.91. The molecule has 2 fully saturated rings. The molecule has 2 saturated heterocycles. The van der Waals surface area contributed by atoms with Crippen molar-refractivity contribution in [1.29, 1.82) is 0 Å². The molecule has 29 heavy (non-hydrogen) atoms. The highest BCUT2D eigenvalue weighted by Crippen LogP contribution is 2.21. The van der Waals surface area contributed by atoms with Crippen LogP contribution in [-0.2, 0) is 11.3 Å². The van der Waals surface area contributed by atoms with Crippen molar-refractivity contribution in [2.24, 2.45) is 5.92 Å². The number of carbonyl (C=O) groups excluding carboxylic acids is 1. The third-order valence-electron chi connectivity index (χ3n) is 5.91. The minimum Gasteiger partial charge on any atom is -0.353 e. The number of benzene rings is 1. The molecule has 2 aliphatic rings. The number of nitrogens with zero attached hydrogens (tertiary/aromatic N) is 4. The summed E-state index contributed by atoms with van der Waals surface area (Å²) >= 11 is 0. The maximum Gasteiger partial charge on any atom is 0.225 e. The van der Waals surface area contributed by atoms with Crippen LogP contribution in [-0.4, -0.2) is 53.0 Å². The molecule has 0 bridgehead atoms. The fraction of sp³-hybridized carbons (Fsp3) is 0.500. The number of anilines is 1. The molecule has 154 valence electrons. The number of rotatable bonds is 5. The Morgan fingerprint density at radius 2 is 1.83 bits per heavy atom. The summed E-state index contributed by atoms with van der Waals surface area (Å²) in [6, 6.07) is 8.94. The van der Waals surface area contributed by atoms with E-state index in [1.807, 2.05) is 12.1 Å². The molecule has 0 unspecified atom stereocenters. The molecular weight excluding hydrogens is 369 g/mol. The molecule has 2 aromatic rings. The predicted octanol–water partition coefficient (Wildman–Crippen LogP) is 2.61. The summed E-state index contributed by atoms with van der Waals surface area (Å²) < 4.78 is 13.9. The van der Waals surface area contributed by atoms with Crippen molar-refractivity contribution in [3.05, 3.63) is 54.1 Å². The number of hydrogen-bond donors (Lipinski definition) is 1. The van der Waals surface area contributed by atoms with Gasteiger partial charge in [0.1, 0.15) is 5.82 Å². The zero-order valence-corrected chi connectivity index (χ0v) is 16.6. The number of likely N-dealkylation sites (tertiary alicyclic amines) is 1. The van der Waals surface area contributed by atoms with Gasteiger partial charge in [-0.2, -0.15) is 0 Å². The van der Waals surface area contributed by atoms with Gasteiger partial charge >= 0.3 is 0 Å². The molecule has 0 aliphatic carbocycles. The second-order valence-corrected chi connectivity index (χ2v) is 7.98. The van der Waals surface area contributed by atoms with Crippen LogP contribution in [0.25, 0.3) is 0 Å². The van der Waals surface area contributed by atoms with Crippen LogP contribution in [0.2, 0.25) is 0 Å². The standard InChI is InChI=1S/C22H28FN5O/c23-20-7-2-1-5-17(20)15-27-13-8-19(9-14-27)26-21(29)18-6-3-12-28(16-18)22-24-10-4-11-25-22/h1-2,4-5,7,10-11,18-19H,3,6,8-9,12-16H2,(H,26,29)/t18-/m0/s1. The average molecular weight is 397 g/mol. The Labute approximate surface area is 171 Å². The van der Waals surface area contributed by atoms with Gasteiger partial charge in [-0.3, -0.25) is 9.69 Å². The van der Waals surface area contributed by atoms with E-state index in [0.717, 1.165) is 50.9 Å². The number of amides is 1. The summed E-state index contributed by atoms with van der Waals surface area (Å²) in [7, 11) is 0. The lowest BCUT2D eigenvalue weighted by molar-refractivity contribution is -0.126. The first-order valence-corrected chi connectivity index (χ1v) is 10.5. The van der Waals surface area contributed by atoms with Crippen molar-refractivity contribution in [1.82, 2.24) is 20.2 Å². The quantitative estimate of drug-likeness (QED) is 0.840. The highest BCUT2D eigenvalue weighted by Gasteiger charge is 2.29. The molecule has 1 amide bonds. The lowest BCUT2D eigenvalue weighted by Gasteiger charge is -2.35. The summed E-state index contributed by atoms with van der Waals surface area (Å²) in [5.41, 5.74) is 0.736. The van der Waals surface area contributed by atoms with Crippen molar-refractivity contribution in [2.75, 3.05) is 31.1 Å². The van der Waals surface area contributed by atoms with E-state index in [1.54, 1.807) is 24.5 Å². The summed E-state index contributed by atoms with van der Waals surface area (Å²) in [5.74, 6) is 0.667. The molecule has 1 N–H and O–H groups in total. The van der Waals surface area contributed by atoms with Crippen molar-refractivity contribution in [3.63, 3.8) is 0 Å². The van der Waals surface area contributed by atoms with Gasteiger partial charge in [0.25, 0.3) is 0 Å². The summed E-state index contributed by atoms with van der Waals surface area (Å²) in [5, 5.41) is 3.25. The molecule has 1 atom stereocenters. The van der Waals surface area contributed by atoms with Gasteiger partial charge in [0, 0.05) is 56.7 Å². The molecule has 7 heteroatoms. The highest BCUT2D eigenvalue weighted by molar-refractivity contribution is 5.79. The van der Waals surface area contributed by atoms with E-state index in [4.69, 9.17) is 0 Å². The molecule has 1 aromatic carbocycles. The summed E-state index contributed by atoms with van der Waals surface area (Å²) in [4.78, 5) is 25.8. The van der Waals surface area contributed by atoms with Gasteiger partial charge in [-0.25, -0.2) is 14.4 Å². The molecule has 0 saturated carbocycles. The number of aromatic nitrogens is 2. The number of nitrogens with one attached hydrogen (secondary N) is 1. The predicted molar refractivity (Wildman–Crippen MR) is 110 cm³/mol. The van der Waals surface area contributed by atoms with Crippen LogP contribution in [0.4, 0.5) is 10.3 Å². The van der Waals surface area contributed by atoms with Crippen LogP contribution in [0, 0.1) is 11.7 Å². The largest absolute Gasteiger partial charge is 0.353 e. The summed E-state index contributed by atoms with van der Waals surface area (Å²) in [6.45, 7) is 3.92. The van der Waals surface area contributed by atoms with E-state index >= 15 is 0 Å². The Morgan fingerprint density at radius 1 is 1.07 bits per heavy atom. The van der Waals surface area contributed by atoms with E-state index in [9.17, 15) is 9.18 Å². The molecule has 1 aromatic heterocycles. The molecule has 4 rings (SSSR count). The monoisotopic (exact) mass is 397 g/mol. The lowest BCUT2D eigenvalue weighted by atomic mass is 9.96. The average Bonchev–Trinajstić information content (AvgIpc) is 2.77. The highest BCUT2D eigenvalue weighted by atomic mass is 19.1. The molecule has 3 heterocycles. The number of carbonyl (C=O) groups is 1. The Kier molecular flexibility index (Phi) is 6.34. The second-order valence-electron chi connectivity index (χ2n) is 7.98. The Hall–Kier alpha value is -2.54. The van der Waals surface area contributed by atoms with Crippen LogP contribution < -0.4 is 10.2 Å². The summed E-state index contributed by atoms with van der Waals surface area (Å²) in [6.07, 6.45) is 7.15. The van der Waals surface area contributed by atoms with Gasteiger partial charge in [-0.15, -0.1) is 0 Å². The van der Waals surface area contributed by atoms with Crippen molar-refractivity contribution in [3.8, 4) is 0 Å². The fourth-order valence-corrected chi connectivity index (χ4v) is 4.25. The number of hydrogen-bond acceptors (Lipinski definition) is 5. The molecular formula is C22H28FN5O. The molecule has 6 nitrogen and oxygen atoms in total. The van der Waals surface area contributed by atoms with Crippen LogP contribution in [0.3, 0.4) is 0 Å². The van der Waals surface area contributed by atoms with Crippen LogP contribution in [0.5, 0.6) is 0 Å². The lowest BCUT2D eigenvalue weighted by Crippen LogP contribution is -2.49. The van der Waals surface area contributed by atoms with Gasteiger partial charge in [0.05, 0.1) is 5.92 Å². The van der Waals surface area contributed by atoms with Crippen LogP contribution in [0.15, 0.2) is 42.7 Å². The van der Waals surface area contributed by atoms with E-state index in [1.165, 1.54) is 6.07 Å². The minimum atomic E-state index is -0.146. The van der Waals surface area contributed by atoms with Gasteiger partial charge in [-0.05, 0) is 37.8 Å². The van der Waals surface area contributed by atoms with E-state index in [-0.39, 0.29) is 23.7 Å². The van der Waals surface area contributed by atoms with Gasteiger partial charge in [0.2, 0.25) is 11.9 Å². The first-order chi connectivity index (χ1) is 14.2. The zero-order valence-electron chi connectivity index (χ0n) is 16.6. The topological polar surface area (TPSA) is 61.4 Å².